The van der Waals surface area contributed by atoms with Gasteiger partial charge >= 0.3 is 0 Å². The molecule has 3 aliphatic rings. The normalized spacial score (nSPS) is 18.8. The van der Waals surface area contributed by atoms with Crippen LogP contribution in [0.15, 0.2) is 47.6 Å². The number of hydrogen-bond donors (Lipinski definition) is 0. The maximum atomic E-state index is 14.0. The molecule has 3 heterocycles. The maximum absolute atomic E-state index is 14.0. The van der Waals surface area contributed by atoms with Crippen LogP contribution in [0.5, 0.6) is 17.2 Å². The molecular weight excluding hydrogens is 524 g/mol. The molecule has 0 spiro atoms. The van der Waals surface area contributed by atoms with Crippen LogP contribution in [0.2, 0.25) is 0 Å². The number of carbonyl (C=O) groups is 2. The van der Waals surface area contributed by atoms with Crippen LogP contribution in [-0.2, 0) is 14.3 Å². The fourth-order valence-electron chi connectivity index (χ4n) is 5.26. The minimum Gasteiger partial charge on any atom is -0.497 e. The highest BCUT2D eigenvalue weighted by Gasteiger charge is 2.36. The van der Waals surface area contributed by atoms with Gasteiger partial charge < -0.3 is 23.8 Å². The van der Waals surface area contributed by atoms with Crippen LogP contribution in [0.4, 0.5) is 0 Å². The summed E-state index contributed by atoms with van der Waals surface area (Å²) < 4.78 is 21.9. The first-order valence-electron chi connectivity index (χ1n) is 14.2. The number of amides is 2. The minimum absolute atomic E-state index is 0.0303. The fourth-order valence-corrected chi connectivity index (χ4v) is 5.26. The number of carbonyl (C=O) groups excluding carboxylic acids is 2. The molecule has 10 heteroatoms. The zero-order valence-electron chi connectivity index (χ0n) is 24.4. The van der Waals surface area contributed by atoms with Crippen molar-refractivity contribution in [2.45, 2.75) is 39.7 Å². The van der Waals surface area contributed by atoms with E-state index < -0.39 is 0 Å². The topological polar surface area (TPSA) is 93.1 Å². The molecule has 220 valence electrons. The van der Waals surface area contributed by atoms with Crippen molar-refractivity contribution >= 4 is 17.5 Å². The van der Waals surface area contributed by atoms with Crippen LogP contribution in [0.1, 0.15) is 50.8 Å². The zero-order valence-corrected chi connectivity index (χ0v) is 24.4. The summed E-state index contributed by atoms with van der Waals surface area (Å²) in [5.74, 6) is 1.84. The van der Waals surface area contributed by atoms with Crippen molar-refractivity contribution < 1.29 is 28.5 Å². The predicted molar refractivity (Wildman–Crippen MR) is 154 cm³/mol. The number of methoxy groups -OCH3 is 1. The van der Waals surface area contributed by atoms with E-state index in [0.717, 1.165) is 35.7 Å². The molecule has 0 N–H and O–H groups in total. The van der Waals surface area contributed by atoms with Gasteiger partial charge in [0.2, 0.25) is 12.7 Å². The molecule has 1 fully saturated rings. The van der Waals surface area contributed by atoms with Gasteiger partial charge in [-0.15, -0.1) is 0 Å². The van der Waals surface area contributed by atoms with Crippen LogP contribution in [-0.4, -0.2) is 92.2 Å². The number of hydrogen-bond acceptors (Lipinski definition) is 8. The van der Waals surface area contributed by atoms with E-state index in [1.54, 1.807) is 17.0 Å². The first-order valence-corrected chi connectivity index (χ1v) is 14.2. The van der Waals surface area contributed by atoms with Crippen molar-refractivity contribution in [1.82, 2.24) is 14.8 Å². The van der Waals surface area contributed by atoms with Crippen molar-refractivity contribution in [3.63, 3.8) is 0 Å². The standard InChI is InChI=1S/C31H40N4O6/c1-31(2,3)19-29(36)34(12-11-33-13-15-39-16-14-33)20-30(37)35-26(23-7-10-27-28(17-23)41-21-40-27)18-25(32-35)22-5-8-24(38-4)9-6-22/h5-10,17,26H,11-16,18-21H2,1-4H3/t26-/m1/s1. The molecule has 0 saturated carbocycles. The summed E-state index contributed by atoms with van der Waals surface area (Å²) in [4.78, 5) is 31.4. The second-order valence-electron chi connectivity index (χ2n) is 11.9. The van der Waals surface area contributed by atoms with Crippen LogP contribution in [0, 0.1) is 5.41 Å². The molecule has 0 aromatic heterocycles. The average molecular weight is 565 g/mol. The van der Waals surface area contributed by atoms with Gasteiger partial charge in [-0.05, 0) is 52.9 Å². The first-order chi connectivity index (χ1) is 19.7. The quantitative estimate of drug-likeness (QED) is 0.459. The predicted octanol–water partition coefficient (Wildman–Crippen LogP) is 3.70. The van der Waals surface area contributed by atoms with Crippen molar-refractivity contribution in [3.05, 3.63) is 53.6 Å². The lowest BCUT2D eigenvalue weighted by molar-refractivity contribution is -0.142. The second kappa shape index (κ2) is 12.5. The van der Waals surface area contributed by atoms with Gasteiger partial charge in [0.05, 0.1) is 32.1 Å². The van der Waals surface area contributed by atoms with Gasteiger partial charge in [0.15, 0.2) is 11.5 Å². The molecule has 1 saturated heterocycles. The number of morpholine rings is 1. The third-order valence-corrected chi connectivity index (χ3v) is 7.52. The monoisotopic (exact) mass is 564 g/mol. The van der Waals surface area contributed by atoms with E-state index in [2.05, 4.69) is 4.90 Å². The Labute approximate surface area is 241 Å². The number of nitrogens with zero attached hydrogens (tertiary/aromatic N) is 4. The van der Waals surface area contributed by atoms with Crippen molar-refractivity contribution in [1.29, 1.82) is 0 Å². The molecule has 2 aromatic rings. The van der Waals surface area contributed by atoms with Gasteiger partial charge in [0.25, 0.3) is 5.91 Å². The fraction of sp³-hybridized carbons (Fsp3) is 0.516. The lowest BCUT2D eigenvalue weighted by atomic mass is 9.91. The van der Waals surface area contributed by atoms with Gasteiger partial charge in [-0.25, -0.2) is 5.01 Å². The molecule has 5 rings (SSSR count). The number of benzene rings is 2. The Hall–Kier alpha value is -3.63. The van der Waals surface area contributed by atoms with E-state index >= 15 is 0 Å². The summed E-state index contributed by atoms with van der Waals surface area (Å²) in [5.41, 5.74) is 2.42. The summed E-state index contributed by atoms with van der Waals surface area (Å²) in [6.07, 6.45) is 0.886. The Morgan fingerprint density at radius 1 is 1.05 bits per heavy atom. The molecule has 0 bridgehead atoms. The van der Waals surface area contributed by atoms with Gasteiger partial charge in [0.1, 0.15) is 12.3 Å². The third kappa shape index (κ3) is 7.18. The highest BCUT2D eigenvalue weighted by molar-refractivity contribution is 6.03. The van der Waals surface area contributed by atoms with E-state index in [4.69, 9.17) is 24.0 Å². The van der Waals surface area contributed by atoms with Crippen molar-refractivity contribution in [2.75, 3.05) is 59.8 Å². The highest BCUT2D eigenvalue weighted by atomic mass is 16.7. The lowest BCUT2D eigenvalue weighted by Gasteiger charge is -2.32. The Kier molecular flexibility index (Phi) is 8.79. The van der Waals surface area contributed by atoms with E-state index in [1.807, 2.05) is 63.2 Å². The molecule has 0 aliphatic carbocycles. The molecular formula is C31H40N4O6. The molecule has 0 unspecified atom stereocenters. The maximum Gasteiger partial charge on any atom is 0.262 e. The van der Waals surface area contributed by atoms with E-state index in [0.29, 0.717) is 50.6 Å². The molecule has 2 aromatic carbocycles. The Balaban J connectivity index is 1.39. The van der Waals surface area contributed by atoms with Gasteiger partial charge in [-0.2, -0.15) is 5.10 Å². The smallest absolute Gasteiger partial charge is 0.262 e. The highest BCUT2D eigenvalue weighted by Crippen LogP contribution is 2.39. The number of rotatable bonds is 9. The lowest BCUT2D eigenvalue weighted by Crippen LogP contribution is -2.47. The summed E-state index contributed by atoms with van der Waals surface area (Å²) in [5, 5.41) is 6.37. The molecule has 2 amide bonds. The minimum atomic E-state index is -0.340. The van der Waals surface area contributed by atoms with E-state index in [1.165, 1.54) is 0 Å². The van der Waals surface area contributed by atoms with Gasteiger partial charge in [-0.1, -0.05) is 26.8 Å². The molecule has 41 heavy (non-hydrogen) atoms. The largest absolute Gasteiger partial charge is 0.497 e. The summed E-state index contributed by atoms with van der Waals surface area (Å²) in [6.45, 7) is 10.4. The van der Waals surface area contributed by atoms with Crippen LogP contribution >= 0.6 is 0 Å². The number of hydrazone groups is 1. The molecule has 1 atom stereocenters. The van der Waals surface area contributed by atoms with Crippen LogP contribution < -0.4 is 14.2 Å². The zero-order chi connectivity index (χ0) is 29.0. The molecule has 3 aliphatic heterocycles. The molecule has 10 nitrogen and oxygen atoms in total. The number of fused-ring (bicyclic) bond motifs is 1. The second-order valence-corrected chi connectivity index (χ2v) is 11.9. The summed E-state index contributed by atoms with van der Waals surface area (Å²) in [7, 11) is 1.63. The van der Waals surface area contributed by atoms with Gasteiger partial charge in [-0.3, -0.25) is 14.5 Å². The van der Waals surface area contributed by atoms with Crippen LogP contribution in [0.25, 0.3) is 0 Å². The Bertz CT molecular complexity index is 1270. The van der Waals surface area contributed by atoms with E-state index in [-0.39, 0.29) is 36.6 Å². The Morgan fingerprint density at radius 2 is 1.78 bits per heavy atom. The van der Waals surface area contributed by atoms with Crippen molar-refractivity contribution in [3.8, 4) is 17.2 Å². The summed E-state index contributed by atoms with van der Waals surface area (Å²) >= 11 is 0. The average Bonchev–Trinajstić information content (AvgIpc) is 3.62. The number of ether oxygens (including phenoxy) is 4. The van der Waals surface area contributed by atoms with Gasteiger partial charge in [0, 0.05) is 39.0 Å². The third-order valence-electron chi connectivity index (χ3n) is 7.52. The SMILES string of the molecule is COc1ccc(C2=NN(C(=O)CN(CCN3CCOCC3)C(=O)CC(C)(C)C)[C@@H](c3ccc4c(c3)OCO4)C2)cc1. The molecule has 0 radical (unpaired) electrons. The first kappa shape index (κ1) is 28.9. The Morgan fingerprint density at radius 3 is 2.49 bits per heavy atom. The van der Waals surface area contributed by atoms with Crippen LogP contribution in [0.3, 0.4) is 0 Å². The van der Waals surface area contributed by atoms with E-state index in [9.17, 15) is 9.59 Å². The van der Waals surface area contributed by atoms with Crippen molar-refractivity contribution in [2.24, 2.45) is 10.5 Å². The summed E-state index contributed by atoms with van der Waals surface area (Å²) in [6, 6.07) is 13.1.